The molecule has 1 atom stereocenters. The van der Waals surface area contributed by atoms with Gasteiger partial charge in [-0.2, -0.15) is 12.6 Å². The van der Waals surface area contributed by atoms with E-state index in [4.69, 9.17) is 4.98 Å². The van der Waals surface area contributed by atoms with Crippen LogP contribution in [0, 0.1) is 18.8 Å². The van der Waals surface area contributed by atoms with Crippen LogP contribution < -0.4 is 5.32 Å². The number of nitrogens with zero attached hydrogens (tertiary/aromatic N) is 2. The SMILES string of the molecule is CCCc1nc2c(C)cc(CNC(=O)C(CS)CCC(C)C)cc2n1Cc1ccc(C(=O)O)c(Br)c1. The third-order valence-corrected chi connectivity index (χ3v) is 7.51. The highest BCUT2D eigenvalue weighted by atomic mass is 79.9. The van der Waals surface area contributed by atoms with Gasteiger partial charge in [-0.1, -0.05) is 39.3 Å². The molecule has 1 heterocycles. The molecule has 6 nitrogen and oxygen atoms in total. The van der Waals surface area contributed by atoms with Crippen molar-refractivity contribution in [3.05, 3.63) is 62.9 Å². The van der Waals surface area contributed by atoms with Crippen molar-refractivity contribution in [1.82, 2.24) is 14.9 Å². The van der Waals surface area contributed by atoms with Gasteiger partial charge in [0, 0.05) is 35.7 Å². The number of nitrogens with one attached hydrogen (secondary N) is 1. The number of hydrogen-bond acceptors (Lipinski definition) is 4. The number of aromatic carboxylic acids is 1. The molecule has 3 aromatic rings. The number of fused-ring (bicyclic) bond motifs is 1. The van der Waals surface area contributed by atoms with Crippen molar-refractivity contribution in [3.8, 4) is 0 Å². The molecular formula is C28H36BrN3O3S. The van der Waals surface area contributed by atoms with Gasteiger partial charge in [-0.3, -0.25) is 4.79 Å². The molecule has 1 aromatic heterocycles. The number of carbonyl (C=O) groups excluding carboxylic acids is 1. The van der Waals surface area contributed by atoms with Crippen LogP contribution in [0.5, 0.6) is 0 Å². The molecule has 0 aliphatic rings. The Morgan fingerprint density at radius 1 is 1.17 bits per heavy atom. The van der Waals surface area contributed by atoms with Crippen LogP contribution in [0.4, 0.5) is 0 Å². The molecule has 2 N–H and O–H groups in total. The number of carboxylic acid groups (broad SMARTS) is 1. The fourth-order valence-corrected chi connectivity index (χ4v) is 5.34. The van der Waals surface area contributed by atoms with Crippen LogP contribution in [0.15, 0.2) is 34.8 Å². The Morgan fingerprint density at radius 3 is 2.53 bits per heavy atom. The van der Waals surface area contributed by atoms with Crippen molar-refractivity contribution in [2.45, 2.75) is 66.5 Å². The average molecular weight is 575 g/mol. The van der Waals surface area contributed by atoms with Gasteiger partial charge in [0.15, 0.2) is 0 Å². The van der Waals surface area contributed by atoms with Crippen LogP contribution in [0.1, 0.15) is 72.9 Å². The monoisotopic (exact) mass is 573 g/mol. The lowest BCUT2D eigenvalue weighted by molar-refractivity contribution is -0.124. The number of benzene rings is 2. The number of aryl methyl sites for hydroxylation is 2. The number of rotatable bonds is 12. The first kappa shape index (κ1) is 28.3. The Hall–Kier alpha value is -2.32. The van der Waals surface area contributed by atoms with Gasteiger partial charge in [0.2, 0.25) is 5.91 Å². The van der Waals surface area contributed by atoms with E-state index in [1.54, 1.807) is 6.07 Å². The fourth-order valence-electron chi connectivity index (χ4n) is 4.39. The van der Waals surface area contributed by atoms with Gasteiger partial charge in [0.05, 0.1) is 16.6 Å². The Kier molecular flexibility index (Phi) is 10.0. The zero-order chi connectivity index (χ0) is 26.4. The highest BCUT2D eigenvalue weighted by molar-refractivity contribution is 9.10. The summed E-state index contributed by atoms with van der Waals surface area (Å²) in [4.78, 5) is 29.1. The van der Waals surface area contributed by atoms with Crippen LogP contribution in [0.2, 0.25) is 0 Å². The topological polar surface area (TPSA) is 84.2 Å². The minimum atomic E-state index is -0.958. The molecule has 1 amide bonds. The molecule has 36 heavy (non-hydrogen) atoms. The van der Waals surface area contributed by atoms with Gasteiger partial charge in [-0.15, -0.1) is 0 Å². The summed E-state index contributed by atoms with van der Waals surface area (Å²) < 4.78 is 2.77. The lowest BCUT2D eigenvalue weighted by Crippen LogP contribution is -2.31. The second kappa shape index (κ2) is 12.8. The van der Waals surface area contributed by atoms with Crippen molar-refractivity contribution in [3.63, 3.8) is 0 Å². The van der Waals surface area contributed by atoms with Crippen LogP contribution in [-0.2, 0) is 24.3 Å². The molecule has 3 rings (SSSR count). The summed E-state index contributed by atoms with van der Waals surface area (Å²) in [6.07, 6.45) is 3.66. The van der Waals surface area contributed by atoms with Crippen LogP contribution in [0.3, 0.4) is 0 Å². The number of aromatic nitrogens is 2. The molecule has 0 aliphatic carbocycles. The van der Waals surface area contributed by atoms with Gasteiger partial charge in [0.1, 0.15) is 5.82 Å². The van der Waals surface area contributed by atoms with Crippen molar-refractivity contribution in [2.75, 3.05) is 5.75 Å². The maximum absolute atomic E-state index is 12.8. The number of carboxylic acids is 1. The molecule has 0 fully saturated rings. The van der Waals surface area contributed by atoms with E-state index in [0.29, 0.717) is 29.2 Å². The van der Waals surface area contributed by atoms with E-state index in [2.05, 4.69) is 78.3 Å². The molecule has 194 valence electrons. The normalized spacial score (nSPS) is 12.3. The molecule has 0 radical (unpaired) electrons. The van der Waals surface area contributed by atoms with Gasteiger partial charge in [0.25, 0.3) is 0 Å². The Bertz CT molecular complexity index is 1240. The minimum Gasteiger partial charge on any atom is -0.478 e. The van der Waals surface area contributed by atoms with Gasteiger partial charge >= 0.3 is 5.97 Å². The van der Waals surface area contributed by atoms with Crippen LogP contribution in [0.25, 0.3) is 11.0 Å². The van der Waals surface area contributed by atoms with Crippen molar-refractivity contribution in [1.29, 1.82) is 0 Å². The predicted molar refractivity (Wildman–Crippen MR) is 152 cm³/mol. The van der Waals surface area contributed by atoms with Crippen LogP contribution in [-0.4, -0.2) is 32.3 Å². The molecule has 2 aromatic carbocycles. The summed E-state index contributed by atoms with van der Waals surface area (Å²) in [5.74, 6) is 1.10. The van der Waals surface area contributed by atoms with E-state index in [9.17, 15) is 14.7 Å². The summed E-state index contributed by atoms with van der Waals surface area (Å²) in [5.41, 5.74) is 5.31. The van der Waals surface area contributed by atoms with E-state index in [1.807, 2.05) is 12.1 Å². The lowest BCUT2D eigenvalue weighted by atomic mass is 9.98. The first-order valence-electron chi connectivity index (χ1n) is 12.5. The third-order valence-electron chi connectivity index (χ3n) is 6.41. The molecule has 0 aliphatic heterocycles. The van der Waals surface area contributed by atoms with Gasteiger partial charge in [-0.25, -0.2) is 9.78 Å². The number of thiol groups is 1. The fraction of sp³-hybridized carbons (Fsp3) is 0.464. The summed E-state index contributed by atoms with van der Waals surface area (Å²) in [6.45, 7) is 9.55. The van der Waals surface area contributed by atoms with Crippen molar-refractivity contribution >= 4 is 51.5 Å². The summed E-state index contributed by atoms with van der Waals surface area (Å²) in [5, 5.41) is 12.5. The average Bonchev–Trinajstić information content (AvgIpc) is 3.15. The highest BCUT2D eigenvalue weighted by Crippen LogP contribution is 2.26. The van der Waals surface area contributed by atoms with E-state index in [-0.39, 0.29) is 17.4 Å². The van der Waals surface area contributed by atoms with Gasteiger partial charge < -0.3 is 15.0 Å². The Balaban J connectivity index is 1.89. The minimum absolute atomic E-state index is 0.0481. The zero-order valence-electron chi connectivity index (χ0n) is 21.5. The Morgan fingerprint density at radius 2 is 1.92 bits per heavy atom. The van der Waals surface area contributed by atoms with E-state index < -0.39 is 5.97 Å². The number of imidazole rings is 1. The standard InChI is InChI=1S/C28H36BrN3O3S/c1-5-6-25-31-26-18(4)11-20(14-30-27(33)21(16-36)9-7-17(2)3)13-24(26)32(25)15-19-8-10-22(28(34)35)23(29)12-19/h8,10-13,17,21,36H,5-7,9,14-16H2,1-4H3,(H,30,33)(H,34,35). The lowest BCUT2D eigenvalue weighted by Gasteiger charge is -2.16. The maximum atomic E-state index is 12.8. The molecule has 0 spiro atoms. The number of amides is 1. The van der Waals surface area contributed by atoms with Crippen molar-refractivity contribution in [2.24, 2.45) is 11.8 Å². The largest absolute Gasteiger partial charge is 0.478 e. The predicted octanol–water partition coefficient (Wildman–Crippen LogP) is 6.40. The third kappa shape index (κ3) is 6.91. The van der Waals surface area contributed by atoms with E-state index in [0.717, 1.165) is 59.2 Å². The number of hydrogen-bond donors (Lipinski definition) is 3. The number of carbonyl (C=O) groups is 2. The zero-order valence-corrected chi connectivity index (χ0v) is 24.0. The van der Waals surface area contributed by atoms with E-state index in [1.165, 1.54) is 0 Å². The summed E-state index contributed by atoms with van der Waals surface area (Å²) in [7, 11) is 0. The molecule has 1 unspecified atom stereocenters. The maximum Gasteiger partial charge on any atom is 0.336 e. The first-order valence-corrected chi connectivity index (χ1v) is 14.0. The molecule has 8 heteroatoms. The first-order chi connectivity index (χ1) is 17.1. The highest BCUT2D eigenvalue weighted by Gasteiger charge is 2.18. The Labute approximate surface area is 227 Å². The smallest absolute Gasteiger partial charge is 0.336 e. The van der Waals surface area contributed by atoms with E-state index >= 15 is 0 Å². The second-order valence-electron chi connectivity index (χ2n) is 9.83. The summed E-state index contributed by atoms with van der Waals surface area (Å²) in [6, 6.07) is 9.54. The summed E-state index contributed by atoms with van der Waals surface area (Å²) >= 11 is 7.79. The molecule has 0 saturated heterocycles. The van der Waals surface area contributed by atoms with Crippen molar-refractivity contribution < 1.29 is 14.7 Å². The van der Waals surface area contributed by atoms with Crippen LogP contribution >= 0.6 is 28.6 Å². The molecule has 0 bridgehead atoms. The molecular weight excluding hydrogens is 538 g/mol. The number of halogens is 1. The molecule has 0 saturated carbocycles. The second-order valence-corrected chi connectivity index (χ2v) is 11.1. The quantitative estimate of drug-likeness (QED) is 0.219. The van der Waals surface area contributed by atoms with Gasteiger partial charge in [-0.05, 0) is 76.5 Å².